The summed E-state index contributed by atoms with van der Waals surface area (Å²) < 4.78 is 5.27. The Morgan fingerprint density at radius 3 is 3.20 bits per heavy atom. The van der Waals surface area contributed by atoms with Crippen LogP contribution in [0.2, 0.25) is 0 Å². The van der Waals surface area contributed by atoms with E-state index in [1.165, 1.54) is 5.56 Å². The maximum atomic E-state index is 11.1. The fraction of sp³-hybridized carbons (Fsp3) is 0.364. The van der Waals surface area contributed by atoms with Crippen LogP contribution in [0, 0.1) is 0 Å². The molecular weight excluding hydrogens is 192 g/mol. The molecule has 0 saturated carbocycles. The maximum absolute atomic E-state index is 11.1. The van der Waals surface area contributed by atoms with Gasteiger partial charge in [-0.15, -0.1) is 0 Å². The van der Waals surface area contributed by atoms with Crippen molar-refractivity contribution in [3.63, 3.8) is 0 Å². The van der Waals surface area contributed by atoms with E-state index < -0.39 is 0 Å². The molecule has 0 aliphatic carbocycles. The molecule has 0 aromatic heterocycles. The van der Waals surface area contributed by atoms with Gasteiger partial charge in [-0.3, -0.25) is 4.79 Å². The molecule has 1 heterocycles. The summed E-state index contributed by atoms with van der Waals surface area (Å²) in [6.07, 6.45) is 0.944. The van der Waals surface area contributed by atoms with Gasteiger partial charge in [-0.05, 0) is 37.7 Å². The van der Waals surface area contributed by atoms with Crippen molar-refractivity contribution in [3.8, 4) is 5.75 Å². The largest absolute Gasteiger partial charge is 0.482 e. The molecule has 0 unspecified atom stereocenters. The number of fused-ring (bicyclic) bond motifs is 1. The molecule has 1 amide bonds. The van der Waals surface area contributed by atoms with Gasteiger partial charge in [0.15, 0.2) is 6.61 Å². The first kappa shape index (κ1) is 9.98. The summed E-state index contributed by atoms with van der Waals surface area (Å²) >= 11 is 0. The number of amides is 1. The van der Waals surface area contributed by atoms with E-state index in [0.717, 1.165) is 24.4 Å². The highest BCUT2D eigenvalue weighted by Gasteiger charge is 2.15. The van der Waals surface area contributed by atoms with Crippen molar-refractivity contribution in [3.05, 3.63) is 23.8 Å². The Kier molecular flexibility index (Phi) is 2.87. The Morgan fingerprint density at radius 2 is 2.40 bits per heavy atom. The summed E-state index contributed by atoms with van der Waals surface area (Å²) in [7, 11) is 1.92. The number of carbonyl (C=O) groups is 1. The van der Waals surface area contributed by atoms with Gasteiger partial charge in [-0.25, -0.2) is 0 Å². The van der Waals surface area contributed by atoms with Crippen LogP contribution in [-0.2, 0) is 11.2 Å². The zero-order valence-electron chi connectivity index (χ0n) is 8.67. The lowest BCUT2D eigenvalue weighted by atomic mass is 10.1. The van der Waals surface area contributed by atoms with Gasteiger partial charge >= 0.3 is 0 Å². The Morgan fingerprint density at radius 1 is 1.53 bits per heavy atom. The molecule has 1 aromatic carbocycles. The van der Waals surface area contributed by atoms with Crippen molar-refractivity contribution >= 4 is 11.6 Å². The first-order valence-electron chi connectivity index (χ1n) is 5.00. The Bertz CT molecular complexity index is 377. The number of benzene rings is 1. The number of nitrogens with one attached hydrogen (secondary N) is 2. The van der Waals surface area contributed by atoms with Gasteiger partial charge in [0.05, 0.1) is 5.69 Å². The molecule has 0 fully saturated rings. The summed E-state index contributed by atoms with van der Waals surface area (Å²) in [6, 6.07) is 5.89. The van der Waals surface area contributed by atoms with Crippen LogP contribution in [-0.4, -0.2) is 26.1 Å². The van der Waals surface area contributed by atoms with Gasteiger partial charge in [0.1, 0.15) is 5.75 Å². The van der Waals surface area contributed by atoms with Crippen molar-refractivity contribution in [1.29, 1.82) is 0 Å². The van der Waals surface area contributed by atoms with Gasteiger partial charge in [-0.1, -0.05) is 6.07 Å². The molecule has 1 aliphatic heterocycles. The lowest BCUT2D eigenvalue weighted by molar-refractivity contribution is -0.118. The van der Waals surface area contributed by atoms with E-state index in [1.807, 2.05) is 25.2 Å². The maximum Gasteiger partial charge on any atom is 0.262 e. The van der Waals surface area contributed by atoms with Crippen LogP contribution in [0.25, 0.3) is 0 Å². The van der Waals surface area contributed by atoms with Crippen LogP contribution in [0.3, 0.4) is 0 Å². The Balaban J connectivity index is 2.17. The Hall–Kier alpha value is -1.55. The van der Waals surface area contributed by atoms with Crippen LogP contribution in [0.5, 0.6) is 5.75 Å². The highest BCUT2D eigenvalue weighted by Crippen LogP contribution is 2.28. The number of hydrogen-bond acceptors (Lipinski definition) is 3. The second kappa shape index (κ2) is 4.31. The summed E-state index contributed by atoms with van der Waals surface area (Å²) in [6.45, 7) is 1.04. The van der Waals surface area contributed by atoms with Crippen molar-refractivity contribution in [1.82, 2.24) is 5.32 Å². The lowest BCUT2D eigenvalue weighted by Gasteiger charge is -2.18. The van der Waals surface area contributed by atoms with Crippen LogP contribution >= 0.6 is 0 Å². The highest BCUT2D eigenvalue weighted by atomic mass is 16.5. The second-order valence-corrected chi connectivity index (χ2v) is 3.52. The average Bonchev–Trinajstić information content (AvgIpc) is 2.25. The predicted molar refractivity (Wildman–Crippen MR) is 58.2 cm³/mol. The first-order chi connectivity index (χ1) is 7.29. The zero-order valence-corrected chi connectivity index (χ0v) is 8.67. The fourth-order valence-electron chi connectivity index (χ4n) is 1.56. The lowest BCUT2D eigenvalue weighted by Crippen LogP contribution is -2.25. The van der Waals surface area contributed by atoms with E-state index in [1.54, 1.807) is 0 Å². The smallest absolute Gasteiger partial charge is 0.262 e. The van der Waals surface area contributed by atoms with Gasteiger partial charge < -0.3 is 15.4 Å². The van der Waals surface area contributed by atoms with Crippen LogP contribution in [0.15, 0.2) is 18.2 Å². The third-order valence-corrected chi connectivity index (χ3v) is 2.34. The summed E-state index contributed by atoms with van der Waals surface area (Å²) in [5, 5.41) is 5.88. The number of ether oxygens (including phenoxy) is 1. The molecule has 0 radical (unpaired) electrons. The van der Waals surface area contributed by atoms with Gasteiger partial charge in [0.2, 0.25) is 0 Å². The monoisotopic (exact) mass is 206 g/mol. The molecule has 1 aliphatic rings. The highest BCUT2D eigenvalue weighted by molar-refractivity contribution is 5.95. The zero-order chi connectivity index (χ0) is 10.7. The molecule has 0 saturated heterocycles. The minimum Gasteiger partial charge on any atom is -0.482 e. The number of rotatable bonds is 3. The number of carbonyl (C=O) groups excluding carboxylic acids is 1. The summed E-state index contributed by atoms with van der Waals surface area (Å²) in [4.78, 5) is 11.1. The van der Waals surface area contributed by atoms with E-state index in [2.05, 4.69) is 10.6 Å². The van der Waals surface area contributed by atoms with Gasteiger partial charge in [-0.2, -0.15) is 0 Å². The quantitative estimate of drug-likeness (QED) is 0.768. The number of hydrogen-bond donors (Lipinski definition) is 2. The minimum absolute atomic E-state index is 0.0896. The van der Waals surface area contributed by atoms with E-state index >= 15 is 0 Å². The molecule has 15 heavy (non-hydrogen) atoms. The first-order valence-corrected chi connectivity index (χ1v) is 5.00. The predicted octanol–water partition coefficient (Wildman–Crippen LogP) is 0.779. The van der Waals surface area contributed by atoms with Crippen molar-refractivity contribution in [2.45, 2.75) is 6.42 Å². The van der Waals surface area contributed by atoms with Crippen molar-refractivity contribution < 1.29 is 9.53 Å². The third kappa shape index (κ3) is 2.27. The average molecular weight is 206 g/mol. The van der Waals surface area contributed by atoms with Crippen LogP contribution in [0.4, 0.5) is 5.69 Å². The van der Waals surface area contributed by atoms with Crippen molar-refractivity contribution in [2.75, 3.05) is 25.5 Å². The molecule has 1 aromatic rings. The molecule has 4 nitrogen and oxygen atoms in total. The SMILES string of the molecule is CNCCc1ccc2c(c1)NC(=O)CO2. The summed E-state index contributed by atoms with van der Waals surface area (Å²) in [5.74, 6) is 0.663. The standard InChI is InChI=1S/C11H14N2O2/c1-12-5-4-8-2-3-10-9(6-8)13-11(14)7-15-10/h2-3,6,12H,4-5,7H2,1H3,(H,13,14). The number of anilines is 1. The van der Waals surface area contributed by atoms with Gasteiger partial charge in [0.25, 0.3) is 5.91 Å². The van der Waals surface area contributed by atoms with E-state index in [4.69, 9.17) is 4.74 Å². The molecule has 0 atom stereocenters. The normalized spacial score (nSPS) is 14.1. The fourth-order valence-corrected chi connectivity index (χ4v) is 1.56. The van der Waals surface area contributed by atoms with E-state index in [0.29, 0.717) is 0 Å². The van der Waals surface area contributed by atoms with E-state index in [9.17, 15) is 4.79 Å². The second-order valence-electron chi connectivity index (χ2n) is 3.52. The Labute approximate surface area is 88.6 Å². The van der Waals surface area contributed by atoms with Crippen LogP contribution in [0.1, 0.15) is 5.56 Å². The molecular formula is C11H14N2O2. The van der Waals surface area contributed by atoms with E-state index in [-0.39, 0.29) is 12.5 Å². The molecule has 2 N–H and O–H groups in total. The molecule has 0 spiro atoms. The molecule has 80 valence electrons. The van der Waals surface area contributed by atoms with Crippen molar-refractivity contribution in [2.24, 2.45) is 0 Å². The van der Waals surface area contributed by atoms with Crippen LogP contribution < -0.4 is 15.4 Å². The number of likely N-dealkylation sites (N-methyl/N-ethyl adjacent to an activating group) is 1. The molecule has 4 heteroatoms. The van der Waals surface area contributed by atoms with Gasteiger partial charge in [0, 0.05) is 0 Å². The molecule has 2 rings (SSSR count). The topological polar surface area (TPSA) is 50.4 Å². The minimum atomic E-state index is -0.0896. The third-order valence-electron chi connectivity index (χ3n) is 2.34. The molecule has 0 bridgehead atoms. The summed E-state index contributed by atoms with van der Waals surface area (Å²) in [5.41, 5.74) is 1.97.